The van der Waals surface area contributed by atoms with Crippen molar-refractivity contribution < 1.29 is 5.11 Å². The predicted molar refractivity (Wildman–Crippen MR) is 88.0 cm³/mol. The molecule has 2 heterocycles. The molecule has 0 fully saturated rings. The summed E-state index contributed by atoms with van der Waals surface area (Å²) in [6.45, 7) is 2.11. The first-order valence-electron chi connectivity index (χ1n) is 6.96. The van der Waals surface area contributed by atoms with Crippen molar-refractivity contribution in [1.29, 1.82) is 0 Å². The molecule has 22 heavy (non-hydrogen) atoms. The molecular weight excluding hydrogens is 300 g/mol. The number of anilines is 1. The monoisotopic (exact) mass is 316 g/mol. The van der Waals surface area contributed by atoms with Crippen LogP contribution in [-0.4, -0.2) is 26.4 Å². The Kier molecular flexibility index (Phi) is 3.76. The van der Waals surface area contributed by atoms with Gasteiger partial charge in [-0.15, -0.1) is 0 Å². The van der Waals surface area contributed by atoms with Crippen LogP contribution in [0.5, 0.6) is 0 Å². The van der Waals surface area contributed by atoms with Gasteiger partial charge in [-0.25, -0.2) is 4.98 Å². The maximum atomic E-state index is 10.7. The van der Waals surface area contributed by atoms with Gasteiger partial charge in [0.05, 0.1) is 11.6 Å². The zero-order valence-corrected chi connectivity index (χ0v) is 13.2. The summed E-state index contributed by atoms with van der Waals surface area (Å²) < 4.78 is 1.72. The van der Waals surface area contributed by atoms with Crippen molar-refractivity contribution in [1.82, 2.24) is 14.8 Å². The highest BCUT2D eigenvalue weighted by molar-refractivity contribution is 6.30. The number of nitrogens with one attached hydrogen (secondary N) is 1. The highest BCUT2D eigenvalue weighted by atomic mass is 35.5. The van der Waals surface area contributed by atoms with E-state index in [9.17, 15) is 5.11 Å². The molecule has 114 valence electrons. The first kappa shape index (κ1) is 14.8. The molecule has 3 rings (SSSR count). The fourth-order valence-corrected chi connectivity index (χ4v) is 2.58. The van der Waals surface area contributed by atoms with Crippen LogP contribution in [0.1, 0.15) is 12.5 Å². The second-order valence-corrected chi connectivity index (χ2v) is 5.94. The van der Waals surface area contributed by atoms with Crippen molar-refractivity contribution in [2.75, 3.05) is 11.9 Å². The smallest absolute Gasteiger partial charge is 0.159 e. The number of fused-ring (bicyclic) bond motifs is 1. The van der Waals surface area contributed by atoms with Crippen molar-refractivity contribution in [3.05, 3.63) is 53.3 Å². The van der Waals surface area contributed by atoms with Crippen LogP contribution >= 0.6 is 11.6 Å². The average molecular weight is 317 g/mol. The van der Waals surface area contributed by atoms with Crippen LogP contribution in [0.15, 0.2) is 42.7 Å². The summed E-state index contributed by atoms with van der Waals surface area (Å²) in [6, 6.07) is 9.13. The van der Waals surface area contributed by atoms with E-state index < -0.39 is 5.60 Å². The minimum absolute atomic E-state index is 0.349. The van der Waals surface area contributed by atoms with E-state index in [1.807, 2.05) is 25.2 Å². The van der Waals surface area contributed by atoms with E-state index in [-0.39, 0.29) is 0 Å². The van der Waals surface area contributed by atoms with Gasteiger partial charge in [-0.2, -0.15) is 5.10 Å². The van der Waals surface area contributed by atoms with Gasteiger partial charge in [-0.1, -0.05) is 23.7 Å². The van der Waals surface area contributed by atoms with E-state index in [1.165, 1.54) is 0 Å². The van der Waals surface area contributed by atoms with Gasteiger partial charge in [0.25, 0.3) is 0 Å². The van der Waals surface area contributed by atoms with Gasteiger partial charge in [0.1, 0.15) is 5.60 Å². The number of nitrogens with zero attached hydrogens (tertiary/aromatic N) is 3. The van der Waals surface area contributed by atoms with E-state index in [0.29, 0.717) is 11.6 Å². The van der Waals surface area contributed by atoms with Crippen LogP contribution in [0.4, 0.5) is 5.69 Å². The van der Waals surface area contributed by atoms with Gasteiger partial charge in [0.15, 0.2) is 5.65 Å². The number of aromatic nitrogens is 3. The van der Waals surface area contributed by atoms with E-state index >= 15 is 0 Å². The molecule has 3 aromatic rings. The van der Waals surface area contributed by atoms with Crippen molar-refractivity contribution >= 4 is 28.3 Å². The molecule has 0 spiro atoms. The zero-order chi connectivity index (χ0) is 15.7. The standard InChI is InChI=1S/C16H17ClN4O/c1-16(22,11-4-3-5-12(17)8-11)10-19-14-6-7-18-15-13(14)9-20-21(15)2/h3-9,22H,10H2,1-2H3,(H,18,19). The Morgan fingerprint density at radius 3 is 2.95 bits per heavy atom. The van der Waals surface area contributed by atoms with Gasteiger partial charge in [-0.05, 0) is 30.7 Å². The van der Waals surface area contributed by atoms with Crippen LogP contribution in [0.3, 0.4) is 0 Å². The number of hydrogen-bond acceptors (Lipinski definition) is 4. The lowest BCUT2D eigenvalue weighted by atomic mass is 9.96. The largest absolute Gasteiger partial charge is 0.384 e. The molecule has 0 bridgehead atoms. The van der Waals surface area contributed by atoms with E-state index in [0.717, 1.165) is 22.3 Å². The Morgan fingerprint density at radius 2 is 2.18 bits per heavy atom. The number of aryl methyl sites for hydroxylation is 1. The number of rotatable bonds is 4. The average Bonchev–Trinajstić information content (AvgIpc) is 2.87. The number of pyridine rings is 1. The van der Waals surface area contributed by atoms with Crippen LogP contribution in [0, 0.1) is 0 Å². The maximum absolute atomic E-state index is 10.7. The zero-order valence-electron chi connectivity index (χ0n) is 12.4. The third kappa shape index (κ3) is 2.77. The summed E-state index contributed by atoms with van der Waals surface area (Å²) in [6.07, 6.45) is 3.49. The number of halogens is 1. The summed E-state index contributed by atoms with van der Waals surface area (Å²) in [5, 5.41) is 19.7. The Morgan fingerprint density at radius 1 is 1.36 bits per heavy atom. The van der Waals surface area contributed by atoms with Gasteiger partial charge in [0, 0.05) is 30.5 Å². The molecule has 0 saturated carbocycles. The molecule has 0 aliphatic heterocycles. The second-order valence-electron chi connectivity index (χ2n) is 5.50. The summed E-state index contributed by atoms with van der Waals surface area (Å²) in [5.41, 5.74) is 1.42. The number of benzene rings is 1. The minimum Gasteiger partial charge on any atom is -0.384 e. The lowest BCUT2D eigenvalue weighted by molar-refractivity contribution is 0.0716. The lowest BCUT2D eigenvalue weighted by Crippen LogP contribution is -2.30. The molecule has 0 saturated heterocycles. The Hall–Kier alpha value is -2.11. The molecule has 0 aliphatic carbocycles. The molecule has 5 nitrogen and oxygen atoms in total. The normalized spacial score (nSPS) is 14.0. The Bertz CT molecular complexity index is 813. The number of hydrogen-bond donors (Lipinski definition) is 2. The topological polar surface area (TPSA) is 63.0 Å². The molecule has 6 heteroatoms. The minimum atomic E-state index is -1.04. The molecule has 1 unspecified atom stereocenters. The van der Waals surface area contributed by atoms with E-state index in [1.54, 1.807) is 36.1 Å². The van der Waals surface area contributed by atoms with Crippen LogP contribution in [-0.2, 0) is 12.6 Å². The fourth-order valence-electron chi connectivity index (χ4n) is 2.39. The second kappa shape index (κ2) is 5.59. The van der Waals surface area contributed by atoms with E-state index in [2.05, 4.69) is 15.4 Å². The molecule has 1 atom stereocenters. The summed E-state index contributed by atoms with van der Waals surface area (Å²) in [4.78, 5) is 4.30. The molecular formula is C16H17ClN4O. The van der Waals surface area contributed by atoms with Gasteiger partial charge >= 0.3 is 0 Å². The molecule has 1 aromatic carbocycles. The first-order chi connectivity index (χ1) is 10.5. The fraction of sp³-hybridized carbons (Fsp3) is 0.250. The molecule has 0 aliphatic rings. The highest BCUT2D eigenvalue weighted by Crippen LogP contribution is 2.26. The van der Waals surface area contributed by atoms with Crippen molar-refractivity contribution in [3.63, 3.8) is 0 Å². The van der Waals surface area contributed by atoms with Crippen molar-refractivity contribution in [2.24, 2.45) is 7.05 Å². The first-order valence-corrected chi connectivity index (χ1v) is 7.34. The Labute approximate surface area is 133 Å². The summed E-state index contributed by atoms with van der Waals surface area (Å²) in [7, 11) is 1.85. The van der Waals surface area contributed by atoms with Crippen molar-refractivity contribution in [2.45, 2.75) is 12.5 Å². The molecule has 2 N–H and O–H groups in total. The summed E-state index contributed by atoms with van der Waals surface area (Å²) in [5.74, 6) is 0. The predicted octanol–water partition coefficient (Wildman–Crippen LogP) is 2.94. The quantitative estimate of drug-likeness (QED) is 0.777. The highest BCUT2D eigenvalue weighted by Gasteiger charge is 2.23. The molecule has 2 aromatic heterocycles. The van der Waals surface area contributed by atoms with Crippen molar-refractivity contribution in [3.8, 4) is 0 Å². The molecule has 0 radical (unpaired) electrons. The SMILES string of the molecule is Cn1ncc2c(NCC(C)(O)c3cccc(Cl)c3)ccnc21. The number of aliphatic hydroxyl groups is 1. The van der Waals surface area contributed by atoms with Crippen LogP contribution in [0.2, 0.25) is 5.02 Å². The lowest BCUT2D eigenvalue weighted by Gasteiger charge is -2.25. The van der Waals surface area contributed by atoms with E-state index in [4.69, 9.17) is 11.6 Å². The third-order valence-electron chi connectivity index (χ3n) is 3.71. The van der Waals surface area contributed by atoms with Gasteiger partial charge in [-0.3, -0.25) is 4.68 Å². The van der Waals surface area contributed by atoms with Crippen LogP contribution in [0.25, 0.3) is 11.0 Å². The maximum Gasteiger partial charge on any atom is 0.159 e. The Balaban J connectivity index is 1.84. The summed E-state index contributed by atoms with van der Waals surface area (Å²) >= 11 is 6.00. The molecule has 0 amide bonds. The van der Waals surface area contributed by atoms with Gasteiger partial charge in [0.2, 0.25) is 0 Å². The van der Waals surface area contributed by atoms with Crippen LogP contribution < -0.4 is 5.32 Å². The third-order valence-corrected chi connectivity index (χ3v) is 3.94. The van der Waals surface area contributed by atoms with Gasteiger partial charge < -0.3 is 10.4 Å².